The maximum atomic E-state index is 6.12. The standard InChI is InChI=1S/C14H17N3O/c1-18-11-5-2-4-10(8-11)17-14-7-3-6-13(15)12(14)9-16-17/h2,4-5,8-9,13H,3,6-7,15H2,1H3. The Hall–Kier alpha value is -1.81. The van der Waals surface area contributed by atoms with Crippen molar-refractivity contribution < 1.29 is 4.74 Å². The van der Waals surface area contributed by atoms with Gasteiger partial charge >= 0.3 is 0 Å². The van der Waals surface area contributed by atoms with Gasteiger partial charge in [-0.2, -0.15) is 5.10 Å². The summed E-state index contributed by atoms with van der Waals surface area (Å²) in [5.41, 5.74) is 9.57. The predicted octanol–water partition coefficient (Wildman–Crippen LogP) is 2.22. The number of nitrogens with two attached hydrogens (primary N) is 1. The summed E-state index contributed by atoms with van der Waals surface area (Å²) in [5.74, 6) is 0.844. The Bertz CT molecular complexity index is 562. The Morgan fingerprint density at radius 3 is 3.17 bits per heavy atom. The van der Waals surface area contributed by atoms with Gasteiger partial charge in [0.05, 0.1) is 19.0 Å². The van der Waals surface area contributed by atoms with E-state index in [1.807, 2.05) is 35.1 Å². The third kappa shape index (κ3) is 1.78. The van der Waals surface area contributed by atoms with Crippen molar-refractivity contribution >= 4 is 0 Å². The van der Waals surface area contributed by atoms with Crippen molar-refractivity contribution in [2.45, 2.75) is 25.3 Å². The van der Waals surface area contributed by atoms with E-state index in [9.17, 15) is 0 Å². The van der Waals surface area contributed by atoms with Crippen LogP contribution in [0.25, 0.3) is 5.69 Å². The third-order valence-electron chi connectivity index (χ3n) is 3.53. The molecule has 1 heterocycles. The molecule has 0 fully saturated rings. The first-order valence-corrected chi connectivity index (χ1v) is 6.26. The highest BCUT2D eigenvalue weighted by Gasteiger charge is 2.21. The summed E-state index contributed by atoms with van der Waals surface area (Å²) < 4.78 is 7.24. The van der Waals surface area contributed by atoms with Gasteiger partial charge in [0, 0.05) is 23.4 Å². The first-order chi connectivity index (χ1) is 8.79. The Morgan fingerprint density at radius 1 is 1.44 bits per heavy atom. The number of nitrogens with zero attached hydrogens (tertiary/aromatic N) is 2. The molecule has 0 amide bonds. The molecule has 1 atom stereocenters. The molecule has 3 rings (SSSR count). The fraction of sp³-hybridized carbons (Fsp3) is 0.357. The van der Waals surface area contributed by atoms with E-state index < -0.39 is 0 Å². The van der Waals surface area contributed by atoms with Gasteiger partial charge in [0.15, 0.2) is 0 Å². The van der Waals surface area contributed by atoms with Crippen molar-refractivity contribution in [1.29, 1.82) is 0 Å². The monoisotopic (exact) mass is 243 g/mol. The summed E-state index contributed by atoms with van der Waals surface area (Å²) in [6.07, 6.45) is 5.12. The molecule has 1 unspecified atom stereocenters. The number of benzene rings is 1. The zero-order valence-electron chi connectivity index (χ0n) is 10.5. The topological polar surface area (TPSA) is 53.1 Å². The Balaban J connectivity index is 2.06. The quantitative estimate of drug-likeness (QED) is 0.880. The summed E-state index contributed by atoms with van der Waals surface area (Å²) in [6.45, 7) is 0. The lowest BCUT2D eigenvalue weighted by molar-refractivity contribution is 0.414. The minimum Gasteiger partial charge on any atom is -0.497 e. The highest BCUT2D eigenvalue weighted by atomic mass is 16.5. The first kappa shape index (κ1) is 11.3. The van der Waals surface area contributed by atoms with Gasteiger partial charge in [0.2, 0.25) is 0 Å². The van der Waals surface area contributed by atoms with Gasteiger partial charge in [-0.25, -0.2) is 4.68 Å². The van der Waals surface area contributed by atoms with E-state index in [-0.39, 0.29) is 6.04 Å². The molecule has 0 bridgehead atoms. The molecular formula is C14H17N3O. The molecule has 18 heavy (non-hydrogen) atoms. The van der Waals surface area contributed by atoms with Crippen LogP contribution in [-0.2, 0) is 6.42 Å². The maximum absolute atomic E-state index is 6.12. The van der Waals surface area contributed by atoms with Gasteiger partial charge in [-0.15, -0.1) is 0 Å². The van der Waals surface area contributed by atoms with E-state index in [0.29, 0.717) is 0 Å². The molecule has 0 radical (unpaired) electrons. The van der Waals surface area contributed by atoms with Crippen molar-refractivity contribution in [2.75, 3.05) is 7.11 Å². The van der Waals surface area contributed by atoms with Crippen molar-refractivity contribution in [3.05, 3.63) is 41.7 Å². The molecule has 2 aromatic rings. The van der Waals surface area contributed by atoms with E-state index >= 15 is 0 Å². The van der Waals surface area contributed by atoms with Crippen molar-refractivity contribution in [3.63, 3.8) is 0 Å². The van der Waals surface area contributed by atoms with Crippen LogP contribution in [-0.4, -0.2) is 16.9 Å². The molecule has 0 saturated carbocycles. The molecule has 1 aromatic carbocycles. The van der Waals surface area contributed by atoms with E-state index in [0.717, 1.165) is 30.7 Å². The molecule has 1 aromatic heterocycles. The van der Waals surface area contributed by atoms with E-state index in [1.165, 1.54) is 11.3 Å². The smallest absolute Gasteiger partial charge is 0.121 e. The van der Waals surface area contributed by atoms with Crippen molar-refractivity contribution in [1.82, 2.24) is 9.78 Å². The van der Waals surface area contributed by atoms with E-state index in [1.54, 1.807) is 7.11 Å². The number of hydrogen-bond donors (Lipinski definition) is 1. The number of hydrogen-bond acceptors (Lipinski definition) is 3. The second-order valence-corrected chi connectivity index (χ2v) is 4.66. The molecule has 1 aliphatic rings. The van der Waals surface area contributed by atoms with E-state index in [4.69, 9.17) is 10.5 Å². The van der Waals surface area contributed by atoms with Crippen LogP contribution in [0.2, 0.25) is 0 Å². The van der Waals surface area contributed by atoms with Crippen LogP contribution < -0.4 is 10.5 Å². The van der Waals surface area contributed by atoms with Gasteiger partial charge in [0.1, 0.15) is 5.75 Å². The van der Waals surface area contributed by atoms with Gasteiger partial charge in [-0.3, -0.25) is 0 Å². The predicted molar refractivity (Wildman–Crippen MR) is 70.0 cm³/mol. The molecular weight excluding hydrogens is 226 g/mol. The zero-order valence-corrected chi connectivity index (χ0v) is 10.5. The highest BCUT2D eigenvalue weighted by molar-refractivity contribution is 5.41. The van der Waals surface area contributed by atoms with Crippen LogP contribution in [0, 0.1) is 0 Å². The van der Waals surface area contributed by atoms with Crippen LogP contribution in [0.15, 0.2) is 30.5 Å². The fourth-order valence-electron chi connectivity index (χ4n) is 2.56. The van der Waals surface area contributed by atoms with Gasteiger partial charge < -0.3 is 10.5 Å². The van der Waals surface area contributed by atoms with Gasteiger partial charge in [0.25, 0.3) is 0 Å². The SMILES string of the molecule is COc1cccc(-n2ncc3c2CCCC3N)c1. The number of ether oxygens (including phenoxy) is 1. The molecule has 2 N–H and O–H groups in total. The lowest BCUT2D eigenvalue weighted by Crippen LogP contribution is -2.17. The van der Waals surface area contributed by atoms with Crippen molar-refractivity contribution in [2.24, 2.45) is 5.73 Å². The summed E-state index contributed by atoms with van der Waals surface area (Å²) in [4.78, 5) is 0. The second kappa shape index (κ2) is 4.46. The average Bonchev–Trinajstić information content (AvgIpc) is 2.84. The lowest BCUT2D eigenvalue weighted by atomic mass is 9.94. The third-order valence-corrected chi connectivity index (χ3v) is 3.53. The van der Waals surface area contributed by atoms with Gasteiger partial charge in [-0.05, 0) is 31.4 Å². The zero-order chi connectivity index (χ0) is 12.5. The first-order valence-electron chi connectivity index (χ1n) is 6.26. The highest BCUT2D eigenvalue weighted by Crippen LogP contribution is 2.29. The van der Waals surface area contributed by atoms with Crippen LogP contribution in [0.3, 0.4) is 0 Å². The normalized spacial score (nSPS) is 18.4. The molecule has 94 valence electrons. The van der Waals surface area contributed by atoms with Crippen molar-refractivity contribution in [3.8, 4) is 11.4 Å². The number of fused-ring (bicyclic) bond motifs is 1. The summed E-state index contributed by atoms with van der Waals surface area (Å²) in [5, 5.41) is 4.47. The summed E-state index contributed by atoms with van der Waals surface area (Å²) in [6, 6.07) is 8.08. The molecule has 1 aliphatic carbocycles. The van der Waals surface area contributed by atoms with Crippen LogP contribution >= 0.6 is 0 Å². The van der Waals surface area contributed by atoms with Crippen LogP contribution in [0.4, 0.5) is 0 Å². The average molecular weight is 243 g/mol. The summed E-state index contributed by atoms with van der Waals surface area (Å²) in [7, 11) is 1.67. The Labute approximate surface area is 106 Å². The molecule has 4 heteroatoms. The fourth-order valence-corrected chi connectivity index (χ4v) is 2.56. The number of rotatable bonds is 2. The molecule has 0 aliphatic heterocycles. The van der Waals surface area contributed by atoms with Crippen LogP contribution in [0.1, 0.15) is 30.1 Å². The largest absolute Gasteiger partial charge is 0.497 e. The lowest BCUT2D eigenvalue weighted by Gasteiger charge is -2.19. The molecule has 4 nitrogen and oxygen atoms in total. The maximum Gasteiger partial charge on any atom is 0.121 e. The second-order valence-electron chi connectivity index (χ2n) is 4.66. The minimum absolute atomic E-state index is 0.133. The Kier molecular flexibility index (Phi) is 2.80. The minimum atomic E-state index is 0.133. The van der Waals surface area contributed by atoms with Gasteiger partial charge in [-0.1, -0.05) is 6.07 Å². The Morgan fingerprint density at radius 2 is 2.33 bits per heavy atom. The number of aromatic nitrogens is 2. The van der Waals surface area contributed by atoms with E-state index in [2.05, 4.69) is 5.10 Å². The number of methoxy groups -OCH3 is 1. The summed E-state index contributed by atoms with van der Waals surface area (Å²) >= 11 is 0. The van der Waals surface area contributed by atoms with Crippen LogP contribution in [0.5, 0.6) is 5.75 Å². The molecule has 0 saturated heterocycles. The molecule has 0 spiro atoms.